The van der Waals surface area contributed by atoms with Gasteiger partial charge in [0, 0.05) is 24.5 Å². The van der Waals surface area contributed by atoms with Gasteiger partial charge < -0.3 is 10.2 Å². The number of nitrogens with zero attached hydrogens (tertiary/aromatic N) is 2. The third kappa shape index (κ3) is 9.15. The molecule has 1 atom stereocenters. The number of rotatable bonds is 13. The normalized spacial score (nSPS) is 12.0. The Hall–Kier alpha value is -4.21. The van der Waals surface area contributed by atoms with E-state index in [9.17, 15) is 22.4 Å². The molecule has 1 N–H and O–H groups in total. The van der Waals surface area contributed by atoms with E-state index in [1.165, 1.54) is 41.3 Å². The number of benzene rings is 4. The van der Waals surface area contributed by atoms with Gasteiger partial charge in [-0.3, -0.25) is 13.9 Å². The van der Waals surface area contributed by atoms with Gasteiger partial charge in [-0.05, 0) is 72.5 Å². The van der Waals surface area contributed by atoms with E-state index in [2.05, 4.69) is 5.32 Å². The molecule has 0 saturated heterocycles. The van der Waals surface area contributed by atoms with Crippen LogP contribution in [0.4, 0.5) is 10.1 Å². The van der Waals surface area contributed by atoms with E-state index in [1.54, 1.807) is 36.4 Å². The highest BCUT2D eigenvalue weighted by atomic mass is 35.5. The monoisotopic (exact) mass is 649 g/mol. The molecule has 0 aliphatic rings. The second-order valence-electron chi connectivity index (χ2n) is 11.3. The molecule has 4 aromatic carbocycles. The fourth-order valence-corrected chi connectivity index (χ4v) is 6.28. The number of carbonyl (C=O) groups excluding carboxylic acids is 2. The molecule has 0 heterocycles. The van der Waals surface area contributed by atoms with Crippen LogP contribution in [-0.4, -0.2) is 44.3 Å². The molecule has 0 unspecified atom stereocenters. The van der Waals surface area contributed by atoms with Crippen LogP contribution in [0.25, 0.3) is 0 Å². The van der Waals surface area contributed by atoms with Gasteiger partial charge in [0.15, 0.2) is 0 Å². The molecule has 0 aliphatic heterocycles. The van der Waals surface area contributed by atoms with Crippen LogP contribution in [0.2, 0.25) is 5.02 Å². The number of sulfonamides is 1. The maximum atomic E-state index is 14.4. The summed E-state index contributed by atoms with van der Waals surface area (Å²) in [5, 5.41) is 3.32. The summed E-state index contributed by atoms with van der Waals surface area (Å²) in [4.78, 5) is 29.5. The SMILES string of the molecule is Cc1ccc(N(CC(=O)N(Cc2ccc(F)cc2)[C@H](Cc2ccccc2)C(=O)NCC(C)C)S(=O)(=O)c2ccc(Cl)cc2)cc1. The van der Waals surface area contributed by atoms with Crippen molar-refractivity contribution < 1.29 is 22.4 Å². The van der Waals surface area contributed by atoms with Crippen LogP contribution >= 0.6 is 11.6 Å². The second kappa shape index (κ2) is 15.2. The van der Waals surface area contributed by atoms with E-state index in [0.29, 0.717) is 17.1 Å². The fraction of sp³-hybridized carbons (Fsp3) is 0.257. The molecule has 0 bridgehead atoms. The van der Waals surface area contributed by atoms with Gasteiger partial charge >= 0.3 is 0 Å². The maximum absolute atomic E-state index is 14.4. The average molecular weight is 650 g/mol. The molecule has 4 aromatic rings. The predicted octanol–water partition coefficient (Wildman–Crippen LogP) is 6.40. The zero-order valence-corrected chi connectivity index (χ0v) is 27.1. The summed E-state index contributed by atoms with van der Waals surface area (Å²) in [6.07, 6.45) is 0.187. The number of aryl methyl sites for hydroxylation is 1. The molecule has 4 rings (SSSR count). The van der Waals surface area contributed by atoms with Gasteiger partial charge in [-0.2, -0.15) is 0 Å². The van der Waals surface area contributed by atoms with Gasteiger partial charge in [-0.1, -0.05) is 85.6 Å². The van der Waals surface area contributed by atoms with Crippen LogP contribution in [-0.2, 0) is 32.6 Å². The molecule has 236 valence electrons. The van der Waals surface area contributed by atoms with Crippen LogP contribution in [0.1, 0.15) is 30.5 Å². The number of nitrogens with one attached hydrogen (secondary N) is 1. The average Bonchev–Trinajstić information content (AvgIpc) is 3.02. The Morgan fingerprint density at radius 2 is 1.47 bits per heavy atom. The Bertz CT molecular complexity index is 1680. The number of hydrogen-bond donors (Lipinski definition) is 1. The van der Waals surface area contributed by atoms with Crippen LogP contribution in [0.5, 0.6) is 0 Å². The summed E-state index contributed by atoms with van der Waals surface area (Å²) in [5.41, 5.74) is 2.61. The van der Waals surface area contributed by atoms with E-state index >= 15 is 0 Å². The van der Waals surface area contributed by atoms with E-state index in [1.807, 2.05) is 51.1 Å². The van der Waals surface area contributed by atoms with E-state index in [-0.39, 0.29) is 35.4 Å². The van der Waals surface area contributed by atoms with Crippen molar-refractivity contribution in [3.05, 3.63) is 131 Å². The fourth-order valence-electron chi connectivity index (χ4n) is 4.74. The van der Waals surface area contributed by atoms with Crippen molar-refractivity contribution in [1.82, 2.24) is 10.2 Å². The molecule has 0 aromatic heterocycles. The molecular formula is C35H37ClFN3O4S. The predicted molar refractivity (Wildman–Crippen MR) is 176 cm³/mol. The lowest BCUT2D eigenvalue weighted by Crippen LogP contribution is -2.53. The maximum Gasteiger partial charge on any atom is 0.264 e. The number of carbonyl (C=O) groups is 2. The van der Waals surface area contributed by atoms with Crippen LogP contribution in [0, 0.1) is 18.7 Å². The zero-order valence-electron chi connectivity index (χ0n) is 25.5. The molecule has 7 nitrogen and oxygen atoms in total. The number of hydrogen-bond acceptors (Lipinski definition) is 4. The van der Waals surface area contributed by atoms with Crippen molar-refractivity contribution in [2.75, 3.05) is 17.4 Å². The molecule has 0 aliphatic carbocycles. The molecule has 0 saturated carbocycles. The van der Waals surface area contributed by atoms with E-state index in [0.717, 1.165) is 15.4 Å². The van der Waals surface area contributed by atoms with E-state index in [4.69, 9.17) is 11.6 Å². The second-order valence-corrected chi connectivity index (χ2v) is 13.6. The van der Waals surface area contributed by atoms with Crippen molar-refractivity contribution in [3.63, 3.8) is 0 Å². The summed E-state index contributed by atoms with van der Waals surface area (Å²) in [6, 6.07) is 26.5. The third-order valence-electron chi connectivity index (χ3n) is 7.22. The van der Waals surface area contributed by atoms with Gasteiger partial charge in [0.05, 0.1) is 10.6 Å². The smallest absolute Gasteiger partial charge is 0.264 e. The molecular weight excluding hydrogens is 613 g/mol. The lowest BCUT2D eigenvalue weighted by molar-refractivity contribution is -0.140. The summed E-state index contributed by atoms with van der Waals surface area (Å²) >= 11 is 6.03. The topological polar surface area (TPSA) is 86.8 Å². The molecule has 10 heteroatoms. The van der Waals surface area contributed by atoms with Crippen molar-refractivity contribution >= 4 is 39.1 Å². The largest absolute Gasteiger partial charge is 0.354 e. The Morgan fingerprint density at radius 3 is 2.07 bits per heavy atom. The van der Waals surface area contributed by atoms with Crippen molar-refractivity contribution in [2.24, 2.45) is 5.92 Å². The molecule has 2 amide bonds. The number of halogens is 2. The van der Waals surface area contributed by atoms with Gasteiger partial charge in [0.2, 0.25) is 11.8 Å². The number of amides is 2. The highest BCUT2D eigenvalue weighted by Crippen LogP contribution is 2.26. The minimum absolute atomic E-state index is 0.0409. The quantitative estimate of drug-likeness (QED) is 0.182. The van der Waals surface area contributed by atoms with Crippen LogP contribution in [0.3, 0.4) is 0 Å². The molecule has 0 spiro atoms. The summed E-state index contributed by atoms with van der Waals surface area (Å²) in [6.45, 7) is 5.57. The van der Waals surface area contributed by atoms with Gasteiger partial charge in [-0.15, -0.1) is 0 Å². The van der Waals surface area contributed by atoms with Crippen LogP contribution < -0.4 is 9.62 Å². The minimum atomic E-state index is -4.24. The minimum Gasteiger partial charge on any atom is -0.354 e. The Balaban J connectivity index is 1.79. The van der Waals surface area contributed by atoms with Crippen molar-refractivity contribution in [2.45, 2.75) is 44.7 Å². The molecule has 0 fully saturated rings. The summed E-state index contributed by atoms with van der Waals surface area (Å²) < 4.78 is 42.9. The standard InChI is InChI=1S/C35H37ClFN3O4S/c1-25(2)22-38-35(42)33(21-27-7-5-4-6-8-27)39(23-28-11-15-30(37)16-12-28)34(41)24-40(31-17-9-26(3)10-18-31)45(43,44)32-19-13-29(36)14-20-32/h4-20,25,33H,21-24H2,1-3H3,(H,38,42)/t33-/m1/s1. The molecule has 45 heavy (non-hydrogen) atoms. The first-order valence-corrected chi connectivity index (χ1v) is 16.5. The van der Waals surface area contributed by atoms with Gasteiger partial charge in [0.1, 0.15) is 18.4 Å². The Kier molecular flexibility index (Phi) is 11.4. The zero-order chi connectivity index (χ0) is 32.6. The Labute approximate surface area is 269 Å². The molecule has 0 radical (unpaired) electrons. The highest BCUT2D eigenvalue weighted by molar-refractivity contribution is 7.92. The summed E-state index contributed by atoms with van der Waals surface area (Å²) in [7, 11) is -4.24. The first kappa shape index (κ1) is 33.7. The van der Waals surface area contributed by atoms with Crippen LogP contribution in [0.15, 0.2) is 108 Å². The lowest BCUT2D eigenvalue weighted by Gasteiger charge is -2.34. The van der Waals surface area contributed by atoms with Gasteiger partial charge in [0.25, 0.3) is 10.0 Å². The summed E-state index contributed by atoms with van der Waals surface area (Å²) in [5.74, 6) is -1.25. The Morgan fingerprint density at radius 1 is 0.844 bits per heavy atom. The van der Waals surface area contributed by atoms with Crippen molar-refractivity contribution in [1.29, 1.82) is 0 Å². The highest BCUT2D eigenvalue weighted by Gasteiger charge is 2.34. The van der Waals surface area contributed by atoms with Crippen molar-refractivity contribution in [3.8, 4) is 0 Å². The number of anilines is 1. The van der Waals surface area contributed by atoms with E-state index < -0.39 is 34.3 Å². The first-order valence-electron chi connectivity index (χ1n) is 14.6. The first-order chi connectivity index (χ1) is 21.4. The third-order valence-corrected chi connectivity index (χ3v) is 9.26. The lowest BCUT2D eigenvalue weighted by atomic mass is 10.0. The van der Waals surface area contributed by atoms with Gasteiger partial charge in [-0.25, -0.2) is 12.8 Å².